The number of halogens is 2. The van der Waals surface area contributed by atoms with Crippen LogP contribution >= 0.6 is 23.2 Å². The van der Waals surface area contributed by atoms with E-state index in [4.69, 9.17) is 23.2 Å². The van der Waals surface area contributed by atoms with Crippen LogP contribution in [0.3, 0.4) is 0 Å². The highest BCUT2D eigenvalue weighted by Gasteiger charge is 2.07. The van der Waals surface area contributed by atoms with Gasteiger partial charge in [-0.2, -0.15) is 0 Å². The summed E-state index contributed by atoms with van der Waals surface area (Å²) < 4.78 is 0. The Labute approximate surface area is 140 Å². The second-order valence-corrected chi connectivity index (χ2v) is 6.06. The van der Waals surface area contributed by atoms with Crippen LogP contribution in [0.2, 0.25) is 10.0 Å². The number of carbonyl (C=O) groups is 1. The van der Waals surface area contributed by atoms with Gasteiger partial charge in [0.2, 0.25) is 5.91 Å². The molecule has 0 heterocycles. The minimum absolute atomic E-state index is 0.117. The van der Waals surface area contributed by atoms with Crippen LogP contribution in [0.15, 0.2) is 42.5 Å². The SMILES string of the molecule is CC(C)c1ccc(NC(=O)CNc2cccc(Cl)c2Cl)cc1. The van der Waals surface area contributed by atoms with Gasteiger partial charge in [-0.05, 0) is 35.7 Å². The van der Waals surface area contributed by atoms with E-state index in [2.05, 4.69) is 24.5 Å². The second-order valence-electron chi connectivity index (χ2n) is 5.28. The highest BCUT2D eigenvalue weighted by atomic mass is 35.5. The Hall–Kier alpha value is -1.71. The van der Waals surface area contributed by atoms with E-state index in [1.807, 2.05) is 24.3 Å². The number of carbonyl (C=O) groups excluding carboxylic acids is 1. The van der Waals surface area contributed by atoms with Crippen molar-refractivity contribution in [2.45, 2.75) is 19.8 Å². The van der Waals surface area contributed by atoms with E-state index in [1.54, 1.807) is 18.2 Å². The molecule has 2 aromatic rings. The van der Waals surface area contributed by atoms with Crippen LogP contribution in [-0.4, -0.2) is 12.5 Å². The van der Waals surface area contributed by atoms with Crippen molar-refractivity contribution in [3.63, 3.8) is 0 Å². The quantitative estimate of drug-likeness (QED) is 0.790. The molecule has 0 atom stereocenters. The summed E-state index contributed by atoms with van der Waals surface area (Å²) in [6, 6.07) is 13.1. The Morgan fingerprint density at radius 3 is 2.41 bits per heavy atom. The third-order valence-corrected chi connectivity index (χ3v) is 4.07. The van der Waals surface area contributed by atoms with E-state index < -0.39 is 0 Å². The van der Waals surface area contributed by atoms with Gasteiger partial charge in [0.25, 0.3) is 0 Å². The second kappa shape index (κ2) is 7.52. The number of amides is 1. The summed E-state index contributed by atoms with van der Waals surface area (Å²) in [5.74, 6) is 0.324. The van der Waals surface area contributed by atoms with Gasteiger partial charge in [0.05, 0.1) is 22.3 Å². The molecule has 0 radical (unpaired) electrons. The van der Waals surface area contributed by atoms with Crippen molar-refractivity contribution in [3.8, 4) is 0 Å². The number of hydrogen-bond donors (Lipinski definition) is 2. The van der Waals surface area contributed by atoms with E-state index in [-0.39, 0.29) is 12.5 Å². The zero-order valence-corrected chi connectivity index (χ0v) is 14.0. The number of rotatable bonds is 5. The first-order valence-corrected chi connectivity index (χ1v) is 7.80. The van der Waals surface area contributed by atoms with Gasteiger partial charge < -0.3 is 10.6 Å². The Kier molecular flexibility index (Phi) is 5.69. The minimum Gasteiger partial charge on any atom is -0.375 e. The average molecular weight is 337 g/mol. The third-order valence-electron chi connectivity index (χ3n) is 3.25. The molecule has 2 rings (SSSR count). The van der Waals surface area contributed by atoms with E-state index in [1.165, 1.54) is 5.56 Å². The number of nitrogens with one attached hydrogen (secondary N) is 2. The lowest BCUT2D eigenvalue weighted by Gasteiger charge is -2.11. The van der Waals surface area contributed by atoms with Crippen LogP contribution in [0, 0.1) is 0 Å². The van der Waals surface area contributed by atoms with Crippen LogP contribution in [0.25, 0.3) is 0 Å². The van der Waals surface area contributed by atoms with E-state index in [0.717, 1.165) is 5.69 Å². The minimum atomic E-state index is -0.145. The molecular weight excluding hydrogens is 319 g/mol. The molecule has 22 heavy (non-hydrogen) atoms. The van der Waals surface area contributed by atoms with Gasteiger partial charge in [-0.25, -0.2) is 0 Å². The molecule has 2 aromatic carbocycles. The number of benzene rings is 2. The smallest absolute Gasteiger partial charge is 0.243 e. The van der Waals surface area contributed by atoms with Crippen molar-refractivity contribution in [3.05, 3.63) is 58.1 Å². The Balaban J connectivity index is 1.91. The predicted molar refractivity (Wildman–Crippen MR) is 94.1 cm³/mol. The van der Waals surface area contributed by atoms with E-state index in [9.17, 15) is 4.79 Å². The molecule has 0 spiro atoms. The number of anilines is 2. The highest BCUT2D eigenvalue weighted by Crippen LogP contribution is 2.29. The molecule has 0 aliphatic heterocycles. The molecule has 2 N–H and O–H groups in total. The first-order chi connectivity index (χ1) is 10.5. The summed E-state index contributed by atoms with van der Waals surface area (Å²) in [5, 5.41) is 6.68. The maximum absolute atomic E-state index is 12.0. The fourth-order valence-corrected chi connectivity index (χ4v) is 2.34. The molecule has 1 amide bonds. The first-order valence-electron chi connectivity index (χ1n) is 7.05. The van der Waals surface area contributed by atoms with Gasteiger partial charge in [-0.1, -0.05) is 55.2 Å². The molecule has 3 nitrogen and oxygen atoms in total. The molecule has 0 saturated carbocycles. The molecule has 0 bridgehead atoms. The molecule has 0 unspecified atom stereocenters. The Morgan fingerprint density at radius 2 is 1.77 bits per heavy atom. The van der Waals surface area contributed by atoms with Gasteiger partial charge >= 0.3 is 0 Å². The maximum Gasteiger partial charge on any atom is 0.243 e. The molecule has 116 valence electrons. The fourth-order valence-electron chi connectivity index (χ4n) is 1.97. The van der Waals surface area contributed by atoms with Gasteiger partial charge in [0.1, 0.15) is 0 Å². The van der Waals surface area contributed by atoms with Crippen LogP contribution < -0.4 is 10.6 Å². The summed E-state index contributed by atoms with van der Waals surface area (Å²) in [6.45, 7) is 4.38. The predicted octanol–water partition coefficient (Wildman–Crippen LogP) is 5.17. The lowest BCUT2D eigenvalue weighted by molar-refractivity contribution is -0.114. The number of hydrogen-bond acceptors (Lipinski definition) is 2. The zero-order valence-electron chi connectivity index (χ0n) is 12.5. The molecule has 0 aliphatic rings. The summed E-state index contributed by atoms with van der Waals surface area (Å²) in [6.07, 6.45) is 0. The first kappa shape index (κ1) is 16.7. The molecule has 0 aromatic heterocycles. The van der Waals surface area contributed by atoms with Crippen molar-refractivity contribution in [1.29, 1.82) is 0 Å². The van der Waals surface area contributed by atoms with Gasteiger partial charge in [0, 0.05) is 5.69 Å². The standard InChI is InChI=1S/C17H18Cl2N2O/c1-11(2)12-6-8-13(9-7-12)21-16(22)10-20-15-5-3-4-14(18)17(15)19/h3-9,11,20H,10H2,1-2H3,(H,21,22). The summed E-state index contributed by atoms with van der Waals surface area (Å²) >= 11 is 12.0. The Bertz CT molecular complexity index is 654. The molecular formula is C17H18Cl2N2O. The summed E-state index contributed by atoms with van der Waals surface area (Å²) in [5.41, 5.74) is 2.65. The van der Waals surface area contributed by atoms with Gasteiger partial charge in [-0.3, -0.25) is 4.79 Å². The molecule has 5 heteroatoms. The Morgan fingerprint density at radius 1 is 1.09 bits per heavy atom. The van der Waals surface area contributed by atoms with Crippen molar-refractivity contribution < 1.29 is 4.79 Å². The van der Waals surface area contributed by atoms with Crippen LogP contribution in [0.1, 0.15) is 25.3 Å². The molecule has 0 fully saturated rings. The average Bonchev–Trinajstić information content (AvgIpc) is 2.49. The van der Waals surface area contributed by atoms with Gasteiger partial charge in [-0.15, -0.1) is 0 Å². The van der Waals surface area contributed by atoms with Crippen LogP contribution in [0.5, 0.6) is 0 Å². The molecule has 0 saturated heterocycles. The zero-order chi connectivity index (χ0) is 16.1. The van der Waals surface area contributed by atoms with Crippen molar-refractivity contribution in [2.24, 2.45) is 0 Å². The van der Waals surface area contributed by atoms with Crippen molar-refractivity contribution >= 4 is 40.5 Å². The largest absolute Gasteiger partial charge is 0.375 e. The summed E-state index contributed by atoms with van der Waals surface area (Å²) in [4.78, 5) is 12.0. The van der Waals surface area contributed by atoms with E-state index in [0.29, 0.717) is 21.7 Å². The van der Waals surface area contributed by atoms with Crippen molar-refractivity contribution in [1.82, 2.24) is 0 Å². The van der Waals surface area contributed by atoms with Crippen LogP contribution in [0.4, 0.5) is 11.4 Å². The monoisotopic (exact) mass is 336 g/mol. The van der Waals surface area contributed by atoms with E-state index >= 15 is 0 Å². The van der Waals surface area contributed by atoms with Gasteiger partial charge in [0.15, 0.2) is 0 Å². The summed E-state index contributed by atoms with van der Waals surface area (Å²) in [7, 11) is 0. The fraction of sp³-hybridized carbons (Fsp3) is 0.235. The molecule has 0 aliphatic carbocycles. The lowest BCUT2D eigenvalue weighted by Crippen LogP contribution is -2.21. The maximum atomic E-state index is 12.0. The normalized spacial score (nSPS) is 10.6. The lowest BCUT2D eigenvalue weighted by atomic mass is 10.0. The highest BCUT2D eigenvalue weighted by molar-refractivity contribution is 6.43. The topological polar surface area (TPSA) is 41.1 Å². The van der Waals surface area contributed by atoms with Crippen molar-refractivity contribution in [2.75, 3.05) is 17.2 Å². The van der Waals surface area contributed by atoms with Crippen LogP contribution in [-0.2, 0) is 4.79 Å². The third kappa shape index (κ3) is 4.39.